The fraction of sp³-hybridized carbons (Fsp3) is 0.444. The molecule has 1 aromatic carbocycles. The van der Waals surface area contributed by atoms with Crippen LogP contribution in [-0.4, -0.2) is 38.8 Å². The van der Waals surface area contributed by atoms with Crippen molar-refractivity contribution in [2.75, 3.05) is 13.2 Å². The highest BCUT2D eigenvalue weighted by molar-refractivity contribution is 5.94. The van der Waals surface area contributed by atoms with E-state index in [4.69, 9.17) is 0 Å². The van der Waals surface area contributed by atoms with Crippen LogP contribution < -0.4 is 0 Å². The minimum atomic E-state index is -0.000136. The monoisotopic (exact) mass is 313 g/mol. The summed E-state index contributed by atoms with van der Waals surface area (Å²) in [6.07, 6.45) is 5.97. The topological polar surface area (TPSA) is 58.4 Å². The molecule has 1 atom stereocenters. The maximum absolute atomic E-state index is 13.0. The molecule has 1 aromatic heterocycles. The molecule has 0 radical (unpaired) electrons. The largest absolute Gasteiger partial charge is 0.396 e. The van der Waals surface area contributed by atoms with Gasteiger partial charge in [0.05, 0.1) is 17.8 Å². The normalized spacial score (nSPS) is 16.3. The Bertz CT molecular complexity index is 680. The molecule has 122 valence electrons. The van der Waals surface area contributed by atoms with Crippen LogP contribution >= 0.6 is 0 Å². The van der Waals surface area contributed by atoms with Crippen molar-refractivity contribution in [1.82, 2.24) is 14.7 Å². The lowest BCUT2D eigenvalue weighted by molar-refractivity contribution is 0.0661. The number of carbonyl (C=O) groups is 1. The molecular formula is C18H23N3O2. The first kappa shape index (κ1) is 15.7. The summed E-state index contributed by atoms with van der Waals surface area (Å²) in [5.74, 6) is -0.000136. The van der Waals surface area contributed by atoms with Gasteiger partial charge in [-0.25, -0.2) is 0 Å². The summed E-state index contributed by atoms with van der Waals surface area (Å²) in [7, 11) is 0. The van der Waals surface area contributed by atoms with Crippen LogP contribution in [0.4, 0.5) is 0 Å². The van der Waals surface area contributed by atoms with Crippen LogP contribution in [0.1, 0.15) is 47.3 Å². The van der Waals surface area contributed by atoms with Crippen molar-refractivity contribution in [1.29, 1.82) is 0 Å². The molecular weight excluding hydrogens is 290 g/mol. The van der Waals surface area contributed by atoms with Crippen LogP contribution in [0.3, 0.4) is 0 Å². The van der Waals surface area contributed by atoms with E-state index in [-0.39, 0.29) is 18.6 Å². The third kappa shape index (κ3) is 3.15. The molecule has 5 heteroatoms. The molecule has 0 fully saturated rings. The molecule has 0 unspecified atom stereocenters. The zero-order valence-electron chi connectivity index (χ0n) is 13.5. The lowest BCUT2D eigenvalue weighted by Crippen LogP contribution is -2.35. The van der Waals surface area contributed by atoms with E-state index in [1.165, 1.54) is 11.1 Å². The van der Waals surface area contributed by atoms with Gasteiger partial charge in [0, 0.05) is 25.9 Å². The molecule has 1 heterocycles. The Labute approximate surface area is 136 Å². The van der Waals surface area contributed by atoms with Crippen molar-refractivity contribution in [3.05, 3.63) is 53.3 Å². The molecule has 1 aliphatic carbocycles. The number of hydrogen-bond acceptors (Lipinski definition) is 3. The summed E-state index contributed by atoms with van der Waals surface area (Å²) < 4.78 is 1.76. The van der Waals surface area contributed by atoms with Gasteiger partial charge in [-0.3, -0.25) is 9.48 Å². The Balaban J connectivity index is 1.87. The zero-order valence-corrected chi connectivity index (χ0v) is 13.5. The van der Waals surface area contributed by atoms with E-state index in [9.17, 15) is 9.90 Å². The molecule has 3 rings (SSSR count). The van der Waals surface area contributed by atoms with E-state index in [1.807, 2.05) is 24.0 Å². The number of rotatable bonds is 6. The minimum Gasteiger partial charge on any atom is -0.396 e. The van der Waals surface area contributed by atoms with E-state index in [0.717, 1.165) is 19.4 Å². The Morgan fingerprint density at radius 3 is 3.00 bits per heavy atom. The van der Waals surface area contributed by atoms with Gasteiger partial charge < -0.3 is 10.0 Å². The van der Waals surface area contributed by atoms with Gasteiger partial charge >= 0.3 is 0 Å². The van der Waals surface area contributed by atoms with Gasteiger partial charge in [-0.15, -0.1) is 0 Å². The van der Waals surface area contributed by atoms with Crippen molar-refractivity contribution in [3.63, 3.8) is 0 Å². The van der Waals surface area contributed by atoms with Crippen LogP contribution in [0.15, 0.2) is 36.7 Å². The number of nitrogens with zero attached hydrogens (tertiary/aromatic N) is 3. The third-order valence-corrected chi connectivity index (χ3v) is 4.50. The molecule has 1 amide bonds. The lowest BCUT2D eigenvalue weighted by Gasteiger charge is -2.29. The SMILES string of the molecule is CCn1cc(C(=O)N(CCCO)[C@H]2CCc3ccccc32)cn1. The van der Waals surface area contributed by atoms with Crippen molar-refractivity contribution in [2.45, 2.75) is 38.8 Å². The van der Waals surface area contributed by atoms with Gasteiger partial charge in [-0.05, 0) is 37.3 Å². The number of aromatic nitrogens is 2. The summed E-state index contributed by atoms with van der Waals surface area (Å²) >= 11 is 0. The van der Waals surface area contributed by atoms with Crippen molar-refractivity contribution < 1.29 is 9.90 Å². The van der Waals surface area contributed by atoms with Crippen molar-refractivity contribution in [3.8, 4) is 0 Å². The molecule has 1 N–H and O–H groups in total. The molecule has 1 aliphatic rings. The lowest BCUT2D eigenvalue weighted by atomic mass is 10.1. The fourth-order valence-corrected chi connectivity index (χ4v) is 3.31. The molecule has 0 aliphatic heterocycles. The minimum absolute atomic E-state index is 0.000136. The molecule has 23 heavy (non-hydrogen) atoms. The second-order valence-electron chi connectivity index (χ2n) is 5.91. The number of aliphatic hydroxyl groups excluding tert-OH is 1. The van der Waals surface area contributed by atoms with E-state index >= 15 is 0 Å². The van der Waals surface area contributed by atoms with Crippen LogP contribution in [0, 0.1) is 0 Å². The highest BCUT2D eigenvalue weighted by Gasteiger charge is 2.31. The second kappa shape index (κ2) is 6.96. The number of aliphatic hydroxyl groups is 1. The van der Waals surface area contributed by atoms with Crippen LogP contribution in [-0.2, 0) is 13.0 Å². The van der Waals surface area contributed by atoms with E-state index in [2.05, 4.69) is 17.2 Å². The van der Waals surface area contributed by atoms with Crippen molar-refractivity contribution >= 4 is 5.91 Å². The molecule has 0 saturated carbocycles. The Morgan fingerprint density at radius 1 is 1.43 bits per heavy atom. The highest BCUT2D eigenvalue weighted by atomic mass is 16.3. The Hall–Kier alpha value is -2.14. The molecule has 2 aromatic rings. The van der Waals surface area contributed by atoms with Crippen LogP contribution in [0.2, 0.25) is 0 Å². The zero-order chi connectivity index (χ0) is 16.2. The predicted molar refractivity (Wildman–Crippen MR) is 88.1 cm³/mol. The number of fused-ring (bicyclic) bond motifs is 1. The number of carbonyl (C=O) groups excluding carboxylic acids is 1. The number of benzene rings is 1. The van der Waals surface area contributed by atoms with E-state index in [1.54, 1.807) is 17.1 Å². The predicted octanol–water partition coefficient (Wildman–Crippen LogP) is 2.42. The first-order chi connectivity index (χ1) is 11.2. The Morgan fingerprint density at radius 2 is 2.26 bits per heavy atom. The van der Waals surface area contributed by atoms with E-state index in [0.29, 0.717) is 18.5 Å². The average Bonchev–Trinajstić information content (AvgIpc) is 3.22. The van der Waals surface area contributed by atoms with Crippen molar-refractivity contribution in [2.24, 2.45) is 0 Å². The van der Waals surface area contributed by atoms with Gasteiger partial charge in [0.25, 0.3) is 5.91 Å². The standard InChI is InChI=1S/C18H23N3O2/c1-2-20-13-15(12-19-20)18(23)21(10-5-11-22)17-9-8-14-6-3-4-7-16(14)17/h3-4,6-7,12-13,17,22H,2,5,8-11H2,1H3/t17-/m0/s1. The highest BCUT2D eigenvalue weighted by Crippen LogP contribution is 2.36. The smallest absolute Gasteiger partial charge is 0.257 e. The first-order valence-corrected chi connectivity index (χ1v) is 8.26. The maximum atomic E-state index is 13.0. The summed E-state index contributed by atoms with van der Waals surface area (Å²) in [5.41, 5.74) is 3.18. The first-order valence-electron chi connectivity index (χ1n) is 8.26. The number of amides is 1. The molecule has 0 saturated heterocycles. The molecule has 5 nitrogen and oxygen atoms in total. The summed E-state index contributed by atoms with van der Waals surface area (Å²) in [6, 6.07) is 8.42. The van der Waals surface area contributed by atoms with Gasteiger partial charge in [0.15, 0.2) is 0 Å². The Kier molecular flexibility index (Phi) is 4.76. The summed E-state index contributed by atoms with van der Waals surface area (Å²) in [4.78, 5) is 14.9. The van der Waals surface area contributed by atoms with Crippen LogP contribution in [0.25, 0.3) is 0 Å². The number of hydrogen-bond donors (Lipinski definition) is 1. The van der Waals surface area contributed by atoms with Gasteiger partial charge in [0.1, 0.15) is 0 Å². The average molecular weight is 313 g/mol. The van der Waals surface area contributed by atoms with E-state index < -0.39 is 0 Å². The van der Waals surface area contributed by atoms with Gasteiger partial charge in [-0.1, -0.05) is 24.3 Å². The fourth-order valence-electron chi connectivity index (χ4n) is 3.31. The van der Waals surface area contributed by atoms with Gasteiger partial charge in [0.2, 0.25) is 0 Å². The quantitative estimate of drug-likeness (QED) is 0.891. The number of aryl methyl sites for hydroxylation is 2. The van der Waals surface area contributed by atoms with Crippen LogP contribution in [0.5, 0.6) is 0 Å². The molecule has 0 spiro atoms. The molecule has 0 bridgehead atoms. The summed E-state index contributed by atoms with van der Waals surface area (Å²) in [6.45, 7) is 3.40. The summed E-state index contributed by atoms with van der Waals surface area (Å²) in [5, 5.41) is 13.4. The second-order valence-corrected chi connectivity index (χ2v) is 5.91. The van der Waals surface area contributed by atoms with Gasteiger partial charge in [-0.2, -0.15) is 5.10 Å². The third-order valence-electron chi connectivity index (χ3n) is 4.50. The maximum Gasteiger partial charge on any atom is 0.257 e.